The van der Waals surface area contributed by atoms with Crippen LogP contribution in [0.2, 0.25) is 0 Å². The molecule has 0 fully saturated rings. The monoisotopic (exact) mass is 148 g/mol. The maximum absolute atomic E-state index is 8.15. The minimum absolute atomic E-state index is 0.590. The number of rotatable bonds is 1. The Bertz CT molecular complexity index is 312. The van der Waals surface area contributed by atoms with Gasteiger partial charge in [0.25, 0.3) is 0 Å². The summed E-state index contributed by atoms with van der Waals surface area (Å²) in [5.41, 5.74) is 15.8. The molecule has 1 aromatic rings. The predicted molar refractivity (Wildman–Crippen MR) is 44.4 cm³/mol. The van der Waals surface area contributed by atoms with Crippen LogP contribution in [0.3, 0.4) is 0 Å². The summed E-state index contributed by atoms with van der Waals surface area (Å²) in [5.74, 6) is 0. The topological polar surface area (TPSA) is 74.8 Å². The fourth-order valence-corrected chi connectivity index (χ4v) is 0.782. The standard InChI is InChI=1S/C7H8N4/c1-5-2-3-6(8)4-7(5)10-11-9/h2-4H,8H2,1H3. The van der Waals surface area contributed by atoms with Crippen LogP contribution in [-0.2, 0) is 0 Å². The quantitative estimate of drug-likeness (QED) is 0.282. The first-order valence-electron chi connectivity index (χ1n) is 3.15. The van der Waals surface area contributed by atoms with Gasteiger partial charge in [-0.15, -0.1) is 0 Å². The van der Waals surface area contributed by atoms with Gasteiger partial charge in [-0.3, -0.25) is 0 Å². The van der Waals surface area contributed by atoms with Crippen LogP contribution in [0.25, 0.3) is 10.4 Å². The molecule has 0 aromatic heterocycles. The number of benzene rings is 1. The lowest BCUT2D eigenvalue weighted by Crippen LogP contribution is -1.83. The van der Waals surface area contributed by atoms with Crippen LogP contribution in [-0.4, -0.2) is 0 Å². The van der Waals surface area contributed by atoms with Gasteiger partial charge in [0.2, 0.25) is 0 Å². The molecule has 4 nitrogen and oxygen atoms in total. The first-order chi connectivity index (χ1) is 5.24. The van der Waals surface area contributed by atoms with Gasteiger partial charge < -0.3 is 5.73 Å². The second-order valence-corrected chi connectivity index (χ2v) is 2.24. The molecule has 0 aliphatic rings. The van der Waals surface area contributed by atoms with Crippen LogP contribution < -0.4 is 5.73 Å². The Kier molecular flexibility index (Phi) is 1.99. The zero-order valence-corrected chi connectivity index (χ0v) is 6.15. The molecular formula is C7H8N4. The average molecular weight is 148 g/mol. The van der Waals surface area contributed by atoms with E-state index in [1.165, 1.54) is 0 Å². The largest absolute Gasteiger partial charge is 0.399 e. The number of nitrogens with zero attached hydrogens (tertiary/aromatic N) is 3. The normalized spacial score (nSPS) is 8.82. The fraction of sp³-hybridized carbons (Fsp3) is 0.143. The molecule has 0 spiro atoms. The first-order valence-corrected chi connectivity index (χ1v) is 3.15. The van der Waals surface area contributed by atoms with Gasteiger partial charge in [-0.2, -0.15) is 0 Å². The van der Waals surface area contributed by atoms with Crippen LogP contribution >= 0.6 is 0 Å². The molecule has 0 heterocycles. The molecule has 0 saturated heterocycles. The fourth-order valence-electron chi connectivity index (χ4n) is 0.782. The van der Waals surface area contributed by atoms with Crippen molar-refractivity contribution in [1.29, 1.82) is 0 Å². The molecule has 1 aromatic carbocycles. The minimum Gasteiger partial charge on any atom is -0.399 e. The van der Waals surface area contributed by atoms with Crippen molar-refractivity contribution >= 4 is 11.4 Å². The van der Waals surface area contributed by atoms with E-state index in [2.05, 4.69) is 10.0 Å². The molecule has 0 aliphatic carbocycles. The molecule has 11 heavy (non-hydrogen) atoms. The molecule has 0 aliphatic heterocycles. The molecule has 1 rings (SSSR count). The second-order valence-electron chi connectivity index (χ2n) is 2.24. The van der Waals surface area contributed by atoms with E-state index in [-0.39, 0.29) is 0 Å². The van der Waals surface area contributed by atoms with Gasteiger partial charge in [0.1, 0.15) is 0 Å². The predicted octanol–water partition coefficient (Wildman–Crippen LogP) is 2.52. The number of aryl methyl sites for hydroxylation is 1. The van der Waals surface area contributed by atoms with Gasteiger partial charge in [-0.1, -0.05) is 11.2 Å². The van der Waals surface area contributed by atoms with Crippen molar-refractivity contribution in [2.75, 3.05) is 5.73 Å². The van der Waals surface area contributed by atoms with Crippen LogP contribution in [0.5, 0.6) is 0 Å². The highest BCUT2D eigenvalue weighted by atomic mass is 15.1. The number of nitrogen functional groups attached to an aromatic ring is 1. The van der Waals surface area contributed by atoms with Crippen LogP contribution in [0, 0.1) is 6.92 Å². The molecule has 0 unspecified atom stereocenters. The Morgan fingerprint density at radius 2 is 2.27 bits per heavy atom. The summed E-state index contributed by atoms with van der Waals surface area (Å²) >= 11 is 0. The van der Waals surface area contributed by atoms with E-state index in [1.54, 1.807) is 12.1 Å². The summed E-state index contributed by atoms with van der Waals surface area (Å²) in [6.45, 7) is 1.86. The summed E-state index contributed by atoms with van der Waals surface area (Å²) in [6.07, 6.45) is 0. The summed E-state index contributed by atoms with van der Waals surface area (Å²) in [4.78, 5) is 2.68. The van der Waals surface area contributed by atoms with E-state index >= 15 is 0 Å². The van der Waals surface area contributed by atoms with Crippen molar-refractivity contribution in [2.24, 2.45) is 5.11 Å². The van der Waals surface area contributed by atoms with E-state index < -0.39 is 0 Å². The lowest BCUT2D eigenvalue weighted by molar-refractivity contribution is 1.38. The van der Waals surface area contributed by atoms with E-state index in [9.17, 15) is 0 Å². The van der Waals surface area contributed by atoms with Crippen molar-refractivity contribution in [2.45, 2.75) is 6.92 Å². The van der Waals surface area contributed by atoms with Gasteiger partial charge in [0.05, 0.1) is 0 Å². The third-order valence-electron chi connectivity index (χ3n) is 1.39. The number of nitrogens with two attached hydrogens (primary N) is 1. The summed E-state index contributed by atoms with van der Waals surface area (Å²) in [6, 6.07) is 5.24. The van der Waals surface area contributed by atoms with Crippen molar-refractivity contribution in [3.05, 3.63) is 34.2 Å². The summed E-state index contributed by atoms with van der Waals surface area (Å²) in [5, 5.41) is 3.47. The number of hydrogen-bond donors (Lipinski definition) is 1. The third-order valence-corrected chi connectivity index (χ3v) is 1.39. The Morgan fingerprint density at radius 1 is 1.55 bits per heavy atom. The highest BCUT2D eigenvalue weighted by Gasteiger charge is 1.93. The van der Waals surface area contributed by atoms with E-state index in [1.807, 2.05) is 13.0 Å². The van der Waals surface area contributed by atoms with E-state index in [0.717, 1.165) is 5.56 Å². The summed E-state index contributed by atoms with van der Waals surface area (Å²) in [7, 11) is 0. The van der Waals surface area contributed by atoms with Gasteiger partial charge in [0.15, 0.2) is 0 Å². The van der Waals surface area contributed by atoms with Crippen LogP contribution in [0.1, 0.15) is 5.56 Å². The van der Waals surface area contributed by atoms with Gasteiger partial charge >= 0.3 is 0 Å². The van der Waals surface area contributed by atoms with Crippen molar-refractivity contribution in [1.82, 2.24) is 0 Å². The lowest BCUT2D eigenvalue weighted by Gasteiger charge is -1.98. The lowest BCUT2D eigenvalue weighted by atomic mass is 10.2. The molecule has 0 saturated carbocycles. The number of hydrogen-bond acceptors (Lipinski definition) is 2. The van der Waals surface area contributed by atoms with E-state index in [0.29, 0.717) is 11.4 Å². The minimum atomic E-state index is 0.590. The molecule has 0 atom stereocenters. The molecule has 2 N–H and O–H groups in total. The molecule has 0 amide bonds. The third kappa shape index (κ3) is 1.63. The Labute approximate surface area is 64.3 Å². The van der Waals surface area contributed by atoms with Gasteiger partial charge in [-0.25, -0.2) is 0 Å². The smallest absolute Gasteiger partial charge is 0.0424 e. The van der Waals surface area contributed by atoms with E-state index in [4.69, 9.17) is 11.3 Å². The zero-order valence-electron chi connectivity index (χ0n) is 6.15. The maximum Gasteiger partial charge on any atom is 0.0424 e. The molecule has 56 valence electrons. The summed E-state index contributed by atoms with van der Waals surface area (Å²) < 4.78 is 0. The average Bonchev–Trinajstić information content (AvgIpc) is 1.98. The highest BCUT2D eigenvalue weighted by molar-refractivity contribution is 5.55. The first kappa shape index (κ1) is 7.44. The Hall–Kier alpha value is -1.67. The zero-order chi connectivity index (χ0) is 8.27. The Morgan fingerprint density at radius 3 is 2.91 bits per heavy atom. The number of anilines is 1. The highest BCUT2D eigenvalue weighted by Crippen LogP contribution is 2.20. The molecule has 4 heteroatoms. The maximum atomic E-state index is 8.15. The van der Waals surface area contributed by atoms with Gasteiger partial charge in [-0.05, 0) is 30.2 Å². The van der Waals surface area contributed by atoms with Crippen molar-refractivity contribution in [3.8, 4) is 0 Å². The van der Waals surface area contributed by atoms with Crippen LogP contribution in [0.15, 0.2) is 23.3 Å². The number of azide groups is 1. The van der Waals surface area contributed by atoms with Crippen molar-refractivity contribution < 1.29 is 0 Å². The van der Waals surface area contributed by atoms with Gasteiger partial charge in [0, 0.05) is 16.3 Å². The molecular weight excluding hydrogens is 140 g/mol. The molecule has 0 bridgehead atoms. The SMILES string of the molecule is Cc1ccc(N)cc1N=[N+]=[N-]. The Balaban J connectivity index is 3.22. The van der Waals surface area contributed by atoms with Crippen LogP contribution in [0.4, 0.5) is 11.4 Å². The second kappa shape index (κ2) is 2.94. The molecule has 0 radical (unpaired) electrons. The van der Waals surface area contributed by atoms with Crippen molar-refractivity contribution in [3.63, 3.8) is 0 Å².